The minimum absolute atomic E-state index is 0.0116. The SMILES string of the molecule is CC(C)(C)c1cc(-c2nccc3cc(-c4cc5ccsc5cn4)oc23)cc2ccccc12. The van der Waals surface area contributed by atoms with Crippen molar-refractivity contribution in [2.75, 3.05) is 0 Å². The molecule has 0 spiro atoms. The van der Waals surface area contributed by atoms with E-state index in [1.54, 1.807) is 11.3 Å². The van der Waals surface area contributed by atoms with Crippen molar-refractivity contribution in [1.29, 1.82) is 0 Å². The third-order valence-corrected chi connectivity index (χ3v) is 6.84. The molecule has 0 amide bonds. The Morgan fingerprint density at radius 1 is 0.844 bits per heavy atom. The lowest BCUT2D eigenvalue weighted by molar-refractivity contribution is 0.596. The zero-order valence-corrected chi connectivity index (χ0v) is 19.0. The lowest BCUT2D eigenvalue weighted by atomic mass is 9.82. The number of furan rings is 1. The summed E-state index contributed by atoms with van der Waals surface area (Å²) in [5.74, 6) is 0.763. The van der Waals surface area contributed by atoms with Crippen molar-refractivity contribution in [1.82, 2.24) is 9.97 Å². The van der Waals surface area contributed by atoms with E-state index in [1.165, 1.54) is 26.4 Å². The van der Waals surface area contributed by atoms with Gasteiger partial charge in [0.05, 0.1) is 4.70 Å². The van der Waals surface area contributed by atoms with Crippen molar-refractivity contribution in [3.05, 3.63) is 84.0 Å². The summed E-state index contributed by atoms with van der Waals surface area (Å²) in [7, 11) is 0. The van der Waals surface area contributed by atoms with Crippen LogP contribution >= 0.6 is 11.3 Å². The fourth-order valence-corrected chi connectivity index (χ4v) is 5.10. The molecule has 4 heteroatoms. The highest BCUT2D eigenvalue weighted by Crippen LogP contribution is 2.38. The second kappa shape index (κ2) is 7.01. The smallest absolute Gasteiger partial charge is 0.161 e. The summed E-state index contributed by atoms with van der Waals surface area (Å²) >= 11 is 1.70. The molecule has 0 saturated carbocycles. The summed E-state index contributed by atoms with van der Waals surface area (Å²) < 4.78 is 7.56. The van der Waals surface area contributed by atoms with E-state index in [9.17, 15) is 0 Å². The average molecular weight is 435 g/mol. The van der Waals surface area contributed by atoms with E-state index in [0.29, 0.717) is 0 Å². The van der Waals surface area contributed by atoms with E-state index in [2.05, 4.69) is 85.7 Å². The molecule has 3 nitrogen and oxygen atoms in total. The summed E-state index contributed by atoms with van der Waals surface area (Å²) in [4.78, 5) is 9.37. The van der Waals surface area contributed by atoms with Crippen molar-refractivity contribution < 1.29 is 4.42 Å². The van der Waals surface area contributed by atoms with Gasteiger partial charge in [-0.05, 0) is 68.9 Å². The minimum Gasteiger partial charge on any atom is -0.452 e. The van der Waals surface area contributed by atoms with Crippen LogP contribution in [0.5, 0.6) is 0 Å². The van der Waals surface area contributed by atoms with Gasteiger partial charge >= 0.3 is 0 Å². The fraction of sp³-hybridized carbons (Fsp3) is 0.143. The molecule has 0 aliphatic heterocycles. The zero-order valence-electron chi connectivity index (χ0n) is 18.2. The Morgan fingerprint density at radius 2 is 1.72 bits per heavy atom. The maximum atomic E-state index is 6.38. The van der Waals surface area contributed by atoms with E-state index in [0.717, 1.165) is 33.7 Å². The Bertz CT molecular complexity index is 1620. The highest BCUT2D eigenvalue weighted by Gasteiger charge is 2.20. The predicted octanol–water partition coefficient (Wildman–Crippen LogP) is 8.22. The molecule has 2 aromatic carbocycles. The summed E-state index contributed by atoms with van der Waals surface area (Å²) in [5, 5.41) is 6.80. The molecule has 0 atom stereocenters. The number of pyridine rings is 2. The second-order valence-corrected chi connectivity index (χ2v) is 10.2. The second-order valence-electron chi connectivity index (χ2n) is 9.21. The number of nitrogens with zero attached hydrogens (tertiary/aromatic N) is 2. The van der Waals surface area contributed by atoms with Gasteiger partial charge < -0.3 is 4.42 Å². The predicted molar refractivity (Wildman–Crippen MR) is 134 cm³/mol. The minimum atomic E-state index is 0.0116. The highest BCUT2D eigenvalue weighted by atomic mass is 32.1. The Morgan fingerprint density at radius 3 is 2.59 bits per heavy atom. The number of aromatic nitrogens is 2. The Kier molecular flexibility index (Phi) is 4.21. The molecule has 0 fully saturated rings. The Balaban J connectivity index is 1.56. The van der Waals surface area contributed by atoms with Gasteiger partial charge in [0.1, 0.15) is 11.4 Å². The van der Waals surface area contributed by atoms with E-state index >= 15 is 0 Å². The molecule has 6 rings (SSSR count). The van der Waals surface area contributed by atoms with Crippen LogP contribution in [0.1, 0.15) is 26.3 Å². The van der Waals surface area contributed by atoms with Crippen LogP contribution in [-0.2, 0) is 5.41 Å². The number of hydrogen-bond donors (Lipinski definition) is 0. The van der Waals surface area contributed by atoms with Gasteiger partial charge in [0.15, 0.2) is 11.3 Å². The van der Waals surface area contributed by atoms with Crippen LogP contribution in [0.3, 0.4) is 0 Å². The van der Waals surface area contributed by atoms with Crippen molar-refractivity contribution in [3.63, 3.8) is 0 Å². The summed E-state index contributed by atoms with van der Waals surface area (Å²) in [6.07, 6.45) is 3.78. The normalized spacial score (nSPS) is 12.2. The number of rotatable bonds is 2. The van der Waals surface area contributed by atoms with Crippen molar-refractivity contribution in [3.8, 4) is 22.7 Å². The van der Waals surface area contributed by atoms with Crippen molar-refractivity contribution >= 4 is 43.2 Å². The molecular weight excluding hydrogens is 412 g/mol. The first-order valence-electron chi connectivity index (χ1n) is 10.7. The van der Waals surface area contributed by atoms with Crippen LogP contribution in [0.2, 0.25) is 0 Å². The molecule has 0 N–H and O–H groups in total. The van der Waals surface area contributed by atoms with E-state index in [4.69, 9.17) is 9.40 Å². The van der Waals surface area contributed by atoms with Gasteiger partial charge in [-0.25, -0.2) is 0 Å². The Hall–Kier alpha value is -3.50. The van der Waals surface area contributed by atoms with Gasteiger partial charge in [0, 0.05) is 23.3 Å². The third kappa shape index (κ3) is 3.10. The molecule has 0 aliphatic rings. The van der Waals surface area contributed by atoms with Crippen LogP contribution in [0.25, 0.3) is 54.5 Å². The Labute approximate surface area is 190 Å². The van der Waals surface area contributed by atoms with Crippen LogP contribution in [0.15, 0.2) is 82.9 Å². The molecule has 0 aliphatic carbocycles. The van der Waals surface area contributed by atoms with Crippen LogP contribution in [-0.4, -0.2) is 9.97 Å². The van der Waals surface area contributed by atoms with Gasteiger partial charge in [-0.2, -0.15) is 0 Å². The van der Waals surface area contributed by atoms with Crippen molar-refractivity contribution in [2.45, 2.75) is 26.2 Å². The van der Waals surface area contributed by atoms with E-state index < -0.39 is 0 Å². The van der Waals surface area contributed by atoms with Gasteiger partial charge in [0.2, 0.25) is 0 Å². The largest absolute Gasteiger partial charge is 0.452 e. The first-order chi connectivity index (χ1) is 15.5. The van der Waals surface area contributed by atoms with E-state index in [-0.39, 0.29) is 5.41 Å². The topological polar surface area (TPSA) is 38.9 Å². The van der Waals surface area contributed by atoms with Gasteiger partial charge in [-0.15, -0.1) is 11.3 Å². The number of thiophene rings is 1. The molecule has 0 bridgehead atoms. The summed E-state index contributed by atoms with van der Waals surface area (Å²) in [6.45, 7) is 6.76. The number of fused-ring (bicyclic) bond motifs is 3. The molecule has 156 valence electrons. The fourth-order valence-electron chi connectivity index (χ4n) is 4.37. The van der Waals surface area contributed by atoms with Crippen LogP contribution in [0, 0.1) is 0 Å². The molecule has 0 radical (unpaired) electrons. The van der Waals surface area contributed by atoms with Crippen LogP contribution < -0.4 is 0 Å². The molecule has 0 unspecified atom stereocenters. The lowest BCUT2D eigenvalue weighted by Crippen LogP contribution is -2.12. The summed E-state index contributed by atoms with van der Waals surface area (Å²) in [6, 6.07) is 21.3. The highest BCUT2D eigenvalue weighted by molar-refractivity contribution is 7.17. The van der Waals surface area contributed by atoms with Gasteiger partial charge in [-0.3, -0.25) is 9.97 Å². The first kappa shape index (κ1) is 19.2. The monoisotopic (exact) mass is 434 g/mol. The first-order valence-corrected chi connectivity index (χ1v) is 11.6. The van der Waals surface area contributed by atoms with Gasteiger partial charge in [0.25, 0.3) is 0 Å². The third-order valence-electron chi connectivity index (χ3n) is 5.97. The number of benzene rings is 2. The molecule has 6 aromatic rings. The number of hydrogen-bond acceptors (Lipinski definition) is 4. The van der Waals surface area contributed by atoms with Crippen molar-refractivity contribution in [2.24, 2.45) is 0 Å². The van der Waals surface area contributed by atoms with Gasteiger partial charge in [-0.1, -0.05) is 45.0 Å². The lowest BCUT2D eigenvalue weighted by Gasteiger charge is -2.22. The molecule has 0 saturated heterocycles. The molecule has 32 heavy (non-hydrogen) atoms. The quantitative estimate of drug-likeness (QED) is 0.275. The molecule has 4 aromatic heterocycles. The maximum absolute atomic E-state index is 6.38. The zero-order chi connectivity index (χ0) is 21.9. The molecule has 4 heterocycles. The molecular formula is C28H22N2OS. The summed E-state index contributed by atoms with van der Waals surface area (Å²) in [5.41, 5.74) is 4.89. The van der Waals surface area contributed by atoms with Crippen LogP contribution in [0.4, 0.5) is 0 Å². The maximum Gasteiger partial charge on any atom is 0.161 e. The van der Waals surface area contributed by atoms with E-state index in [1.807, 2.05) is 18.5 Å². The standard InChI is InChI=1S/C28H22N2OS/c1-28(2,3)22-13-20(12-17-6-4-5-7-21(17)22)26-27-19(8-10-29-26)15-24(31-27)23-14-18-9-11-32-25(18)16-30-23/h4-16H,1-3H3. The average Bonchev–Trinajstić information content (AvgIpc) is 3.43.